The van der Waals surface area contributed by atoms with Gasteiger partial charge in [-0.25, -0.2) is 0 Å². The van der Waals surface area contributed by atoms with Crippen molar-refractivity contribution >= 4 is 40.5 Å². The minimum absolute atomic E-state index is 0.146. The van der Waals surface area contributed by atoms with Crippen molar-refractivity contribution in [1.29, 1.82) is 0 Å². The predicted molar refractivity (Wildman–Crippen MR) is 104 cm³/mol. The monoisotopic (exact) mass is 378 g/mol. The van der Waals surface area contributed by atoms with E-state index in [0.29, 0.717) is 27.8 Å². The Morgan fingerprint density at radius 1 is 1.12 bits per heavy atom. The molecule has 0 heterocycles. The molecule has 0 aliphatic rings. The number of thiocarbonyl (C=S) groups is 1. The van der Waals surface area contributed by atoms with Crippen LogP contribution in [0.5, 0.6) is 11.5 Å². The van der Waals surface area contributed by atoms with Gasteiger partial charge in [-0.3, -0.25) is 10.1 Å². The van der Waals surface area contributed by atoms with Crippen LogP contribution in [0.15, 0.2) is 36.4 Å². The average molecular weight is 379 g/mol. The van der Waals surface area contributed by atoms with Crippen LogP contribution in [0.4, 0.5) is 5.69 Å². The van der Waals surface area contributed by atoms with Crippen molar-refractivity contribution in [3.63, 3.8) is 0 Å². The van der Waals surface area contributed by atoms with Gasteiger partial charge in [0.25, 0.3) is 5.91 Å². The molecule has 5 nitrogen and oxygen atoms in total. The van der Waals surface area contributed by atoms with Crippen molar-refractivity contribution in [3.8, 4) is 11.5 Å². The molecule has 0 aliphatic carbocycles. The first kappa shape index (κ1) is 19.0. The zero-order valence-electron chi connectivity index (χ0n) is 14.2. The van der Waals surface area contributed by atoms with E-state index >= 15 is 0 Å². The third kappa shape index (κ3) is 4.84. The fourth-order valence-corrected chi connectivity index (χ4v) is 2.61. The normalized spacial score (nSPS) is 10.1. The van der Waals surface area contributed by atoms with Crippen molar-refractivity contribution < 1.29 is 14.3 Å². The number of rotatable bonds is 5. The van der Waals surface area contributed by atoms with Gasteiger partial charge in [-0.15, -0.1) is 0 Å². The molecule has 2 aromatic carbocycles. The fraction of sp³-hybridized carbons (Fsp3) is 0.222. The molecule has 0 bridgehead atoms. The summed E-state index contributed by atoms with van der Waals surface area (Å²) >= 11 is 11.3. The van der Waals surface area contributed by atoms with Gasteiger partial charge in [-0.2, -0.15) is 0 Å². The SMILES string of the molecule is CCc1ccc(C(=O)NC(=S)Nc2cc(OC)c(Cl)cc2OC)cc1. The summed E-state index contributed by atoms with van der Waals surface area (Å²) in [6.45, 7) is 2.06. The number of carbonyl (C=O) groups excluding carboxylic acids is 1. The Morgan fingerprint density at radius 2 is 1.76 bits per heavy atom. The zero-order chi connectivity index (χ0) is 18.4. The molecule has 2 rings (SSSR count). The number of ether oxygens (including phenoxy) is 2. The molecule has 132 valence electrons. The van der Waals surface area contributed by atoms with Crippen molar-refractivity contribution in [2.75, 3.05) is 19.5 Å². The fourth-order valence-electron chi connectivity index (χ4n) is 2.18. The van der Waals surface area contributed by atoms with Crippen LogP contribution in [-0.2, 0) is 6.42 Å². The molecule has 2 aromatic rings. The lowest BCUT2D eigenvalue weighted by atomic mass is 10.1. The van der Waals surface area contributed by atoms with E-state index in [9.17, 15) is 4.79 Å². The number of anilines is 1. The molecule has 0 atom stereocenters. The summed E-state index contributed by atoms with van der Waals surface area (Å²) in [6.07, 6.45) is 0.917. The van der Waals surface area contributed by atoms with E-state index in [-0.39, 0.29) is 11.0 Å². The zero-order valence-corrected chi connectivity index (χ0v) is 15.8. The highest BCUT2D eigenvalue weighted by Gasteiger charge is 2.13. The lowest BCUT2D eigenvalue weighted by Crippen LogP contribution is -2.34. The van der Waals surface area contributed by atoms with E-state index in [2.05, 4.69) is 17.6 Å². The van der Waals surface area contributed by atoms with Crippen molar-refractivity contribution in [3.05, 3.63) is 52.5 Å². The van der Waals surface area contributed by atoms with Crippen molar-refractivity contribution in [2.45, 2.75) is 13.3 Å². The van der Waals surface area contributed by atoms with Gasteiger partial charge < -0.3 is 14.8 Å². The Hall–Kier alpha value is -2.31. The first-order chi connectivity index (χ1) is 12.0. The van der Waals surface area contributed by atoms with Crippen molar-refractivity contribution in [1.82, 2.24) is 5.32 Å². The number of methoxy groups -OCH3 is 2. The van der Waals surface area contributed by atoms with Crippen LogP contribution in [0.3, 0.4) is 0 Å². The first-order valence-electron chi connectivity index (χ1n) is 7.61. The second kappa shape index (κ2) is 8.69. The van der Waals surface area contributed by atoms with E-state index in [0.717, 1.165) is 12.0 Å². The number of amides is 1. The molecule has 0 aromatic heterocycles. The molecule has 0 saturated heterocycles. The number of halogens is 1. The highest BCUT2D eigenvalue weighted by atomic mass is 35.5. The highest BCUT2D eigenvalue weighted by molar-refractivity contribution is 7.80. The molecule has 25 heavy (non-hydrogen) atoms. The van der Waals surface area contributed by atoms with Gasteiger partial charge in [-0.1, -0.05) is 30.7 Å². The van der Waals surface area contributed by atoms with E-state index in [1.54, 1.807) is 24.3 Å². The summed E-state index contributed by atoms with van der Waals surface area (Å²) in [4.78, 5) is 12.3. The lowest BCUT2D eigenvalue weighted by molar-refractivity contribution is 0.0977. The molecule has 0 unspecified atom stereocenters. The molecule has 0 aliphatic heterocycles. The van der Waals surface area contributed by atoms with Gasteiger partial charge in [0.05, 0.1) is 24.9 Å². The Labute approximate surface area is 157 Å². The van der Waals surface area contributed by atoms with Gasteiger partial charge in [0.1, 0.15) is 11.5 Å². The maximum Gasteiger partial charge on any atom is 0.257 e. The predicted octanol–water partition coefficient (Wildman–Crippen LogP) is 4.05. The third-order valence-corrected chi connectivity index (χ3v) is 4.07. The maximum atomic E-state index is 12.3. The van der Waals surface area contributed by atoms with Crippen LogP contribution in [-0.4, -0.2) is 25.2 Å². The molecular weight excluding hydrogens is 360 g/mol. The van der Waals surface area contributed by atoms with E-state index < -0.39 is 0 Å². The highest BCUT2D eigenvalue weighted by Crippen LogP contribution is 2.35. The second-order valence-electron chi connectivity index (χ2n) is 5.15. The summed E-state index contributed by atoms with van der Waals surface area (Å²) in [5, 5.41) is 6.12. The molecule has 0 fully saturated rings. The molecule has 2 N–H and O–H groups in total. The van der Waals surface area contributed by atoms with Crippen LogP contribution < -0.4 is 20.1 Å². The number of hydrogen-bond acceptors (Lipinski definition) is 4. The van der Waals surface area contributed by atoms with Crippen LogP contribution in [0.1, 0.15) is 22.8 Å². The van der Waals surface area contributed by atoms with Gasteiger partial charge >= 0.3 is 0 Å². The first-order valence-corrected chi connectivity index (χ1v) is 8.39. The van der Waals surface area contributed by atoms with Crippen LogP contribution in [0.25, 0.3) is 0 Å². The largest absolute Gasteiger partial charge is 0.495 e. The van der Waals surface area contributed by atoms with Gasteiger partial charge in [-0.05, 0) is 36.3 Å². The van der Waals surface area contributed by atoms with Gasteiger partial charge in [0, 0.05) is 17.7 Å². The smallest absolute Gasteiger partial charge is 0.257 e. The van der Waals surface area contributed by atoms with Crippen LogP contribution >= 0.6 is 23.8 Å². The van der Waals surface area contributed by atoms with E-state index in [1.807, 2.05) is 12.1 Å². The molecule has 0 radical (unpaired) electrons. The average Bonchev–Trinajstić information content (AvgIpc) is 2.62. The number of carbonyl (C=O) groups is 1. The maximum absolute atomic E-state index is 12.3. The number of hydrogen-bond donors (Lipinski definition) is 2. The van der Waals surface area contributed by atoms with Crippen molar-refractivity contribution in [2.24, 2.45) is 0 Å². The molecule has 1 amide bonds. The number of aryl methyl sites for hydroxylation is 1. The minimum Gasteiger partial charge on any atom is -0.495 e. The summed E-state index contributed by atoms with van der Waals surface area (Å²) in [5.74, 6) is 0.656. The van der Waals surface area contributed by atoms with Gasteiger partial charge in [0.2, 0.25) is 0 Å². The molecule has 0 saturated carbocycles. The van der Waals surface area contributed by atoms with E-state index in [4.69, 9.17) is 33.3 Å². The quantitative estimate of drug-likeness (QED) is 0.769. The molecule has 7 heteroatoms. The van der Waals surface area contributed by atoms with Crippen LogP contribution in [0, 0.1) is 0 Å². The number of benzene rings is 2. The Morgan fingerprint density at radius 3 is 2.32 bits per heavy atom. The van der Waals surface area contributed by atoms with Gasteiger partial charge in [0.15, 0.2) is 5.11 Å². The molecular formula is C18H19ClN2O3S. The Bertz CT molecular complexity index is 779. The molecule has 0 spiro atoms. The second-order valence-corrected chi connectivity index (χ2v) is 5.96. The summed E-state index contributed by atoms with van der Waals surface area (Å²) < 4.78 is 10.4. The standard InChI is InChI=1S/C18H19ClN2O3S/c1-4-11-5-7-12(8-6-11)17(22)21-18(25)20-14-10-15(23-2)13(19)9-16(14)24-3/h5-10H,4H2,1-3H3,(H2,20,21,22,25). The Kier molecular flexibility index (Phi) is 6.61. The summed E-state index contributed by atoms with van der Waals surface area (Å²) in [5.41, 5.74) is 2.23. The number of nitrogens with one attached hydrogen (secondary N) is 2. The lowest BCUT2D eigenvalue weighted by Gasteiger charge is -2.15. The van der Waals surface area contributed by atoms with Crippen LogP contribution in [0.2, 0.25) is 5.02 Å². The summed E-state index contributed by atoms with van der Waals surface area (Å²) in [7, 11) is 3.03. The summed E-state index contributed by atoms with van der Waals surface area (Å²) in [6, 6.07) is 10.6. The third-order valence-electron chi connectivity index (χ3n) is 3.57. The van der Waals surface area contributed by atoms with E-state index in [1.165, 1.54) is 14.2 Å². The topological polar surface area (TPSA) is 59.6 Å². The Balaban J connectivity index is 2.10. The minimum atomic E-state index is -0.292.